The molecule has 17 heavy (non-hydrogen) atoms. The third-order valence-electron chi connectivity index (χ3n) is 2.03. The van der Waals surface area contributed by atoms with E-state index in [2.05, 4.69) is 14.7 Å². The Morgan fingerprint density at radius 1 is 1.41 bits per heavy atom. The highest BCUT2D eigenvalue weighted by molar-refractivity contribution is 8.00. The van der Waals surface area contributed by atoms with Gasteiger partial charge in [-0.3, -0.25) is 0 Å². The molecule has 0 atom stereocenters. The smallest absolute Gasteiger partial charge is 0.170 e. The molecule has 0 amide bonds. The first kappa shape index (κ1) is 12.3. The van der Waals surface area contributed by atoms with Crippen LogP contribution in [-0.2, 0) is 0 Å². The Morgan fingerprint density at radius 2 is 2.24 bits per heavy atom. The van der Waals surface area contributed by atoms with E-state index >= 15 is 0 Å². The molecule has 0 aliphatic rings. The molecule has 0 aliphatic heterocycles. The summed E-state index contributed by atoms with van der Waals surface area (Å²) in [7, 11) is 0. The van der Waals surface area contributed by atoms with Crippen molar-refractivity contribution in [2.24, 2.45) is 0 Å². The Balaban J connectivity index is 1.75. The lowest BCUT2D eigenvalue weighted by Crippen LogP contribution is -2.05. The van der Waals surface area contributed by atoms with Gasteiger partial charge in [0.2, 0.25) is 0 Å². The van der Waals surface area contributed by atoms with Gasteiger partial charge in [-0.15, -0.1) is 0 Å². The number of nitrogens with zero attached hydrogens (tertiary/aromatic N) is 2. The van der Waals surface area contributed by atoms with E-state index in [1.807, 2.05) is 13.0 Å². The first-order chi connectivity index (χ1) is 8.25. The van der Waals surface area contributed by atoms with Gasteiger partial charge in [0.05, 0.1) is 5.69 Å². The molecule has 6 heteroatoms. The summed E-state index contributed by atoms with van der Waals surface area (Å²) < 4.78 is 18.3. The number of hydrogen-bond acceptors (Lipinski definition) is 5. The van der Waals surface area contributed by atoms with Crippen LogP contribution in [0.2, 0.25) is 0 Å². The second kappa shape index (κ2) is 5.97. The fourth-order valence-corrected chi connectivity index (χ4v) is 2.84. The molecule has 1 heterocycles. The van der Waals surface area contributed by atoms with Crippen molar-refractivity contribution in [3.05, 3.63) is 35.9 Å². The largest absolute Gasteiger partial charge is 0.382 e. The summed E-state index contributed by atoms with van der Waals surface area (Å²) in [6, 6.07) is 6.67. The first-order valence-electron chi connectivity index (χ1n) is 5.17. The van der Waals surface area contributed by atoms with Crippen molar-refractivity contribution in [1.82, 2.24) is 9.36 Å². The van der Waals surface area contributed by atoms with E-state index < -0.39 is 0 Å². The molecule has 1 aromatic carbocycles. The Kier molecular flexibility index (Phi) is 4.33. The number of halogens is 1. The Hall–Kier alpha value is -1.14. The first-order valence-corrected chi connectivity index (χ1v) is 6.93. The van der Waals surface area contributed by atoms with Gasteiger partial charge in [-0.2, -0.15) is 4.37 Å². The number of thioether (sulfide) groups is 1. The Bertz CT molecular complexity index is 487. The number of benzene rings is 1. The molecule has 0 aliphatic carbocycles. The van der Waals surface area contributed by atoms with E-state index in [0.29, 0.717) is 12.2 Å². The lowest BCUT2D eigenvalue weighted by atomic mass is 10.3. The predicted octanol–water partition coefficient (Wildman–Crippen LogP) is 3.19. The zero-order valence-corrected chi connectivity index (χ0v) is 10.9. The van der Waals surface area contributed by atoms with Gasteiger partial charge < -0.3 is 5.32 Å². The highest BCUT2D eigenvalue weighted by Gasteiger charge is 2.02. The fraction of sp³-hybridized carbons (Fsp3) is 0.273. The van der Waals surface area contributed by atoms with Gasteiger partial charge >= 0.3 is 0 Å². The molecule has 0 bridgehead atoms. The maximum absolute atomic E-state index is 13.3. The summed E-state index contributed by atoms with van der Waals surface area (Å²) in [5.74, 6) is 1.42. The van der Waals surface area contributed by atoms with Gasteiger partial charge in [0.25, 0.3) is 0 Å². The van der Waals surface area contributed by atoms with Crippen LogP contribution in [0.25, 0.3) is 0 Å². The molecule has 0 spiro atoms. The second-order valence-corrected chi connectivity index (χ2v) is 5.46. The molecule has 2 aromatic rings. The summed E-state index contributed by atoms with van der Waals surface area (Å²) in [4.78, 5) is 4.24. The van der Waals surface area contributed by atoms with E-state index in [-0.39, 0.29) is 5.82 Å². The van der Waals surface area contributed by atoms with E-state index in [1.54, 1.807) is 23.9 Å². The normalized spacial score (nSPS) is 10.5. The van der Waals surface area contributed by atoms with Crippen molar-refractivity contribution >= 4 is 29.0 Å². The summed E-state index contributed by atoms with van der Waals surface area (Å²) >= 11 is 3.03. The minimum atomic E-state index is -0.218. The topological polar surface area (TPSA) is 37.8 Å². The van der Waals surface area contributed by atoms with E-state index in [9.17, 15) is 4.39 Å². The number of nitrogens with one attached hydrogen (secondary N) is 1. The maximum Gasteiger partial charge on any atom is 0.170 e. The van der Waals surface area contributed by atoms with Crippen LogP contribution in [0.3, 0.4) is 0 Å². The van der Waals surface area contributed by atoms with Gasteiger partial charge in [0.15, 0.2) is 4.34 Å². The molecule has 0 unspecified atom stereocenters. The molecule has 0 saturated carbocycles. The highest BCUT2D eigenvalue weighted by Crippen LogP contribution is 2.20. The van der Waals surface area contributed by atoms with Crippen LogP contribution in [0.5, 0.6) is 0 Å². The van der Waals surface area contributed by atoms with Gasteiger partial charge in [-0.25, -0.2) is 9.37 Å². The van der Waals surface area contributed by atoms with Crippen LogP contribution in [0.4, 0.5) is 10.1 Å². The Labute approximate surface area is 108 Å². The van der Waals surface area contributed by atoms with Gasteiger partial charge in [-0.1, -0.05) is 23.9 Å². The third-order valence-corrected chi connectivity index (χ3v) is 3.95. The van der Waals surface area contributed by atoms with Crippen molar-refractivity contribution in [3.63, 3.8) is 0 Å². The predicted molar refractivity (Wildman–Crippen MR) is 70.3 cm³/mol. The molecule has 3 nitrogen and oxygen atoms in total. The highest BCUT2D eigenvalue weighted by atomic mass is 32.2. The van der Waals surface area contributed by atoms with Crippen LogP contribution in [0.15, 0.2) is 28.6 Å². The average molecular weight is 269 g/mol. The number of aromatic nitrogens is 2. The molecule has 1 N–H and O–H groups in total. The maximum atomic E-state index is 13.3. The molecule has 0 saturated heterocycles. The van der Waals surface area contributed by atoms with Crippen LogP contribution in [-0.4, -0.2) is 21.7 Å². The summed E-state index contributed by atoms with van der Waals surface area (Å²) in [5, 5.41) is 3.05. The van der Waals surface area contributed by atoms with Gasteiger partial charge in [0.1, 0.15) is 11.6 Å². The monoisotopic (exact) mass is 269 g/mol. The SMILES string of the molecule is Cc1nsc(SCCNc2ccccc2F)n1. The second-order valence-electron chi connectivity index (χ2n) is 3.36. The summed E-state index contributed by atoms with van der Waals surface area (Å²) in [6.45, 7) is 2.57. The Morgan fingerprint density at radius 3 is 2.94 bits per heavy atom. The van der Waals surface area contributed by atoms with Crippen molar-refractivity contribution in [2.45, 2.75) is 11.3 Å². The standard InChI is InChI=1S/C11H12FN3S2/c1-8-14-11(17-15-8)16-7-6-13-10-5-3-2-4-9(10)12/h2-5,13H,6-7H2,1H3. The number of hydrogen-bond donors (Lipinski definition) is 1. The molecule has 1 aromatic heterocycles. The van der Waals surface area contributed by atoms with Crippen molar-refractivity contribution in [1.29, 1.82) is 0 Å². The quantitative estimate of drug-likeness (QED) is 0.668. The molecule has 0 fully saturated rings. The number of para-hydroxylation sites is 1. The molecule has 2 rings (SSSR count). The van der Waals surface area contributed by atoms with Gasteiger partial charge in [0, 0.05) is 12.3 Å². The molecular weight excluding hydrogens is 257 g/mol. The minimum Gasteiger partial charge on any atom is -0.382 e. The molecule has 90 valence electrons. The summed E-state index contributed by atoms with van der Waals surface area (Å²) in [5.41, 5.74) is 0.543. The van der Waals surface area contributed by atoms with Crippen LogP contribution in [0.1, 0.15) is 5.82 Å². The van der Waals surface area contributed by atoms with E-state index in [4.69, 9.17) is 0 Å². The average Bonchev–Trinajstić information content (AvgIpc) is 2.73. The van der Waals surface area contributed by atoms with Crippen LogP contribution < -0.4 is 5.32 Å². The van der Waals surface area contributed by atoms with Gasteiger partial charge in [-0.05, 0) is 30.6 Å². The molecule has 0 radical (unpaired) electrons. The lowest BCUT2D eigenvalue weighted by Gasteiger charge is -2.05. The number of rotatable bonds is 5. The van der Waals surface area contributed by atoms with Crippen LogP contribution in [0, 0.1) is 12.7 Å². The summed E-state index contributed by atoms with van der Waals surface area (Å²) in [6.07, 6.45) is 0. The van der Waals surface area contributed by atoms with Crippen molar-refractivity contribution in [2.75, 3.05) is 17.6 Å². The van der Waals surface area contributed by atoms with E-state index in [0.717, 1.165) is 15.9 Å². The van der Waals surface area contributed by atoms with Crippen LogP contribution >= 0.6 is 23.3 Å². The van der Waals surface area contributed by atoms with E-state index in [1.165, 1.54) is 17.6 Å². The van der Waals surface area contributed by atoms with Crippen molar-refractivity contribution in [3.8, 4) is 0 Å². The zero-order valence-electron chi connectivity index (χ0n) is 9.31. The molecular formula is C11H12FN3S2. The lowest BCUT2D eigenvalue weighted by molar-refractivity contribution is 0.630. The fourth-order valence-electron chi connectivity index (χ4n) is 1.27. The number of aryl methyl sites for hydroxylation is 1. The minimum absolute atomic E-state index is 0.218. The third kappa shape index (κ3) is 3.67. The van der Waals surface area contributed by atoms with Crippen molar-refractivity contribution < 1.29 is 4.39 Å². The number of anilines is 1. The zero-order chi connectivity index (χ0) is 12.1.